The zero-order chi connectivity index (χ0) is 15.4. The maximum absolute atomic E-state index is 6.33. The molecule has 3 nitrogen and oxygen atoms in total. The van der Waals surface area contributed by atoms with Crippen molar-refractivity contribution in [1.29, 1.82) is 0 Å². The average Bonchev–Trinajstić information content (AvgIpc) is 2.49. The van der Waals surface area contributed by atoms with Crippen LogP contribution in [-0.2, 0) is 6.54 Å². The van der Waals surface area contributed by atoms with Gasteiger partial charge < -0.3 is 14.8 Å². The molecule has 0 radical (unpaired) electrons. The zero-order valence-corrected chi connectivity index (χ0v) is 13.7. The molecule has 0 aromatic heterocycles. The van der Waals surface area contributed by atoms with E-state index in [1.807, 2.05) is 31.3 Å². The lowest BCUT2D eigenvalue weighted by atomic mass is 10.0. The van der Waals surface area contributed by atoms with Gasteiger partial charge in [-0.05, 0) is 30.8 Å². The highest BCUT2D eigenvalue weighted by atomic mass is 35.5. The van der Waals surface area contributed by atoms with Crippen molar-refractivity contribution >= 4 is 23.2 Å². The number of nitrogens with one attached hydrogen (secondary N) is 1. The summed E-state index contributed by atoms with van der Waals surface area (Å²) in [4.78, 5) is 0. The fourth-order valence-corrected chi connectivity index (χ4v) is 2.68. The standard InChI is InChI=1S/C16H17Cl2NO2/c1-19-9-11-6-10(4-5-15(11)20-2)12-7-14(18)16(21-3)8-13(12)17/h4-8,19H,9H2,1-3H3. The molecule has 0 saturated heterocycles. The van der Waals surface area contributed by atoms with Crippen LogP contribution in [0, 0.1) is 0 Å². The van der Waals surface area contributed by atoms with E-state index in [0.29, 0.717) is 22.3 Å². The van der Waals surface area contributed by atoms with Crippen LogP contribution >= 0.6 is 23.2 Å². The van der Waals surface area contributed by atoms with Crippen molar-refractivity contribution in [2.75, 3.05) is 21.3 Å². The van der Waals surface area contributed by atoms with Gasteiger partial charge in [0.15, 0.2) is 0 Å². The van der Waals surface area contributed by atoms with Gasteiger partial charge in [-0.3, -0.25) is 0 Å². The minimum Gasteiger partial charge on any atom is -0.496 e. The van der Waals surface area contributed by atoms with Crippen LogP contribution in [0.1, 0.15) is 5.56 Å². The van der Waals surface area contributed by atoms with E-state index in [4.69, 9.17) is 32.7 Å². The van der Waals surface area contributed by atoms with Gasteiger partial charge in [0.1, 0.15) is 11.5 Å². The van der Waals surface area contributed by atoms with Crippen molar-refractivity contribution in [2.24, 2.45) is 0 Å². The van der Waals surface area contributed by atoms with E-state index in [1.165, 1.54) is 0 Å². The lowest BCUT2D eigenvalue weighted by Crippen LogP contribution is -2.06. The molecule has 0 unspecified atom stereocenters. The van der Waals surface area contributed by atoms with Crippen molar-refractivity contribution in [3.63, 3.8) is 0 Å². The monoisotopic (exact) mass is 325 g/mol. The predicted molar refractivity (Wildman–Crippen MR) is 87.8 cm³/mol. The van der Waals surface area contributed by atoms with Gasteiger partial charge in [-0.25, -0.2) is 0 Å². The lowest BCUT2D eigenvalue weighted by molar-refractivity contribution is 0.408. The van der Waals surface area contributed by atoms with Crippen molar-refractivity contribution in [3.05, 3.63) is 45.9 Å². The maximum atomic E-state index is 6.33. The highest BCUT2D eigenvalue weighted by Gasteiger charge is 2.12. The van der Waals surface area contributed by atoms with Gasteiger partial charge in [-0.15, -0.1) is 0 Å². The van der Waals surface area contributed by atoms with E-state index in [-0.39, 0.29) is 0 Å². The SMILES string of the molecule is CNCc1cc(-c2cc(Cl)c(OC)cc2Cl)ccc1OC. The summed E-state index contributed by atoms with van der Waals surface area (Å²) in [5.41, 5.74) is 2.90. The number of hydrogen-bond acceptors (Lipinski definition) is 3. The number of ether oxygens (including phenoxy) is 2. The Bertz CT molecular complexity index is 644. The van der Waals surface area contributed by atoms with Gasteiger partial charge in [-0.2, -0.15) is 0 Å². The Kier molecular flexibility index (Phi) is 5.34. The largest absolute Gasteiger partial charge is 0.496 e. The zero-order valence-electron chi connectivity index (χ0n) is 12.2. The van der Waals surface area contributed by atoms with Crippen molar-refractivity contribution < 1.29 is 9.47 Å². The number of halogens is 2. The molecule has 5 heteroatoms. The molecule has 0 saturated carbocycles. The Hall–Kier alpha value is -1.42. The highest BCUT2D eigenvalue weighted by molar-refractivity contribution is 6.36. The van der Waals surface area contributed by atoms with Crippen LogP contribution in [0.25, 0.3) is 11.1 Å². The second kappa shape index (κ2) is 7.03. The molecule has 0 amide bonds. The van der Waals surface area contributed by atoms with E-state index >= 15 is 0 Å². The third-order valence-electron chi connectivity index (χ3n) is 3.20. The summed E-state index contributed by atoms with van der Waals surface area (Å²) in [5.74, 6) is 1.40. The lowest BCUT2D eigenvalue weighted by Gasteiger charge is -2.13. The summed E-state index contributed by atoms with van der Waals surface area (Å²) in [6.07, 6.45) is 0. The van der Waals surface area contributed by atoms with Crippen molar-refractivity contribution in [2.45, 2.75) is 6.54 Å². The van der Waals surface area contributed by atoms with Crippen LogP contribution in [0.5, 0.6) is 11.5 Å². The van der Waals surface area contributed by atoms with Crippen molar-refractivity contribution in [1.82, 2.24) is 5.32 Å². The smallest absolute Gasteiger partial charge is 0.138 e. The first kappa shape index (κ1) is 16.0. The minimum absolute atomic E-state index is 0.530. The maximum Gasteiger partial charge on any atom is 0.138 e. The molecule has 0 aliphatic rings. The van der Waals surface area contributed by atoms with Crippen molar-refractivity contribution in [3.8, 4) is 22.6 Å². The third kappa shape index (κ3) is 3.43. The minimum atomic E-state index is 0.530. The average molecular weight is 326 g/mol. The summed E-state index contributed by atoms with van der Waals surface area (Å²) in [6, 6.07) is 9.47. The molecular weight excluding hydrogens is 309 g/mol. The normalized spacial score (nSPS) is 10.5. The second-order valence-corrected chi connectivity index (χ2v) is 5.34. The second-order valence-electron chi connectivity index (χ2n) is 4.52. The first-order valence-electron chi connectivity index (χ1n) is 6.45. The van der Waals surface area contributed by atoms with Gasteiger partial charge in [-0.1, -0.05) is 29.3 Å². The first-order valence-corrected chi connectivity index (χ1v) is 7.21. The van der Waals surface area contributed by atoms with Crippen LogP contribution in [0.4, 0.5) is 0 Å². The summed E-state index contributed by atoms with van der Waals surface area (Å²) in [7, 11) is 5.12. The Morgan fingerprint density at radius 2 is 1.67 bits per heavy atom. The Balaban J connectivity index is 2.51. The summed E-state index contributed by atoms with van der Waals surface area (Å²) < 4.78 is 10.5. The fraction of sp³-hybridized carbons (Fsp3) is 0.250. The number of methoxy groups -OCH3 is 2. The third-order valence-corrected chi connectivity index (χ3v) is 3.81. The highest BCUT2D eigenvalue weighted by Crippen LogP contribution is 2.37. The van der Waals surface area contributed by atoms with Gasteiger partial charge >= 0.3 is 0 Å². The molecule has 1 N–H and O–H groups in total. The van der Waals surface area contributed by atoms with Crippen LogP contribution in [0.2, 0.25) is 10.0 Å². The molecule has 2 aromatic rings. The molecule has 0 atom stereocenters. The van der Waals surface area contributed by atoms with Gasteiger partial charge in [0.25, 0.3) is 0 Å². The summed E-state index contributed by atoms with van der Waals surface area (Å²) >= 11 is 12.5. The number of hydrogen-bond donors (Lipinski definition) is 1. The predicted octanol–water partition coefficient (Wildman–Crippen LogP) is 4.40. The van der Waals surface area contributed by atoms with Gasteiger partial charge in [0.05, 0.1) is 24.3 Å². The fourth-order valence-electron chi connectivity index (χ4n) is 2.18. The molecule has 2 aromatic carbocycles. The quantitative estimate of drug-likeness (QED) is 0.883. The van der Waals surface area contributed by atoms with Crippen LogP contribution < -0.4 is 14.8 Å². The van der Waals surface area contributed by atoms with E-state index in [9.17, 15) is 0 Å². The van der Waals surface area contributed by atoms with Crippen LogP contribution in [-0.4, -0.2) is 21.3 Å². The van der Waals surface area contributed by atoms with Crippen LogP contribution in [0.3, 0.4) is 0 Å². The molecule has 0 spiro atoms. The van der Waals surface area contributed by atoms with Gasteiger partial charge in [0.2, 0.25) is 0 Å². The molecule has 0 aliphatic heterocycles. The Morgan fingerprint density at radius 3 is 2.29 bits per heavy atom. The molecule has 0 fully saturated rings. The van der Waals surface area contributed by atoms with Gasteiger partial charge in [0, 0.05) is 23.7 Å². The van der Waals surface area contributed by atoms with E-state index in [0.717, 1.165) is 22.4 Å². The molecule has 0 heterocycles. The summed E-state index contributed by atoms with van der Waals surface area (Å²) in [6.45, 7) is 0.707. The number of benzene rings is 2. The Labute approximate surface area is 134 Å². The van der Waals surface area contributed by atoms with Crippen LogP contribution in [0.15, 0.2) is 30.3 Å². The van der Waals surface area contributed by atoms with E-state index in [1.54, 1.807) is 20.3 Å². The molecule has 112 valence electrons. The number of rotatable bonds is 5. The molecular formula is C16H17Cl2NO2. The topological polar surface area (TPSA) is 30.5 Å². The van der Waals surface area contributed by atoms with E-state index in [2.05, 4.69) is 5.32 Å². The molecule has 2 rings (SSSR count). The summed E-state index contributed by atoms with van der Waals surface area (Å²) in [5, 5.41) is 4.25. The first-order chi connectivity index (χ1) is 10.1. The molecule has 0 bridgehead atoms. The Morgan fingerprint density at radius 1 is 0.952 bits per heavy atom. The molecule has 0 aliphatic carbocycles. The van der Waals surface area contributed by atoms with E-state index < -0.39 is 0 Å². The molecule has 21 heavy (non-hydrogen) atoms.